The zero-order valence-electron chi connectivity index (χ0n) is 8.83. The van der Waals surface area contributed by atoms with Gasteiger partial charge in [0.05, 0.1) is 6.61 Å². The minimum absolute atomic E-state index is 0.252. The lowest BCUT2D eigenvalue weighted by Gasteiger charge is -2.15. The van der Waals surface area contributed by atoms with Gasteiger partial charge in [0.2, 0.25) is 0 Å². The Morgan fingerprint density at radius 3 is 2.80 bits per heavy atom. The summed E-state index contributed by atoms with van der Waals surface area (Å²) in [6.45, 7) is 1.15. The lowest BCUT2D eigenvalue weighted by Crippen LogP contribution is -2.16. The number of halogens is 1. The number of hydrogen-bond acceptors (Lipinski definition) is 2. The second-order valence-electron chi connectivity index (χ2n) is 4.05. The lowest BCUT2D eigenvalue weighted by molar-refractivity contribution is -0.0384. The highest BCUT2D eigenvalue weighted by atomic mass is 79.9. The highest BCUT2D eigenvalue weighted by Gasteiger charge is 2.44. The first-order chi connectivity index (χ1) is 7.27. The zero-order valence-corrected chi connectivity index (χ0v) is 10.4. The predicted octanol–water partition coefficient (Wildman–Crippen LogP) is 3.10. The number of ether oxygens (including phenoxy) is 2. The third-order valence-corrected chi connectivity index (χ3v) is 3.36. The highest BCUT2D eigenvalue weighted by Crippen LogP contribution is 2.48. The van der Waals surface area contributed by atoms with Crippen molar-refractivity contribution in [2.75, 3.05) is 20.5 Å². The Morgan fingerprint density at radius 2 is 2.20 bits per heavy atom. The van der Waals surface area contributed by atoms with Crippen LogP contribution in [0, 0.1) is 0 Å². The van der Waals surface area contributed by atoms with Crippen molar-refractivity contribution in [2.45, 2.75) is 18.3 Å². The van der Waals surface area contributed by atoms with Gasteiger partial charge in [0.15, 0.2) is 0 Å². The molecule has 0 aromatic heterocycles. The van der Waals surface area contributed by atoms with Gasteiger partial charge < -0.3 is 9.47 Å². The summed E-state index contributed by atoms with van der Waals surface area (Å²) in [6.07, 6.45) is 2.43. The molecule has 0 aliphatic heterocycles. The molecule has 3 heteroatoms. The average Bonchev–Trinajstić information content (AvgIpc) is 3.00. The summed E-state index contributed by atoms with van der Waals surface area (Å²) in [4.78, 5) is 0. The van der Waals surface area contributed by atoms with Crippen LogP contribution in [0.25, 0.3) is 0 Å². The van der Waals surface area contributed by atoms with E-state index < -0.39 is 0 Å². The minimum atomic E-state index is 0.252. The van der Waals surface area contributed by atoms with Gasteiger partial charge in [-0.2, -0.15) is 0 Å². The molecule has 1 saturated carbocycles. The van der Waals surface area contributed by atoms with Crippen molar-refractivity contribution in [1.82, 2.24) is 0 Å². The fourth-order valence-electron chi connectivity index (χ4n) is 1.81. The smallest absolute Gasteiger partial charge is 0.146 e. The van der Waals surface area contributed by atoms with Gasteiger partial charge in [-0.15, -0.1) is 0 Å². The van der Waals surface area contributed by atoms with Crippen molar-refractivity contribution in [3.63, 3.8) is 0 Å². The molecule has 0 atom stereocenters. The van der Waals surface area contributed by atoms with Gasteiger partial charge in [-0.25, -0.2) is 0 Å². The van der Waals surface area contributed by atoms with Gasteiger partial charge in [-0.3, -0.25) is 0 Å². The third kappa shape index (κ3) is 2.60. The van der Waals surface area contributed by atoms with Crippen molar-refractivity contribution in [2.24, 2.45) is 0 Å². The molecule has 0 heterocycles. The topological polar surface area (TPSA) is 18.5 Å². The standard InChI is InChI=1S/C12H15BrO2/c1-14-9-15-8-12(5-6-12)10-3-2-4-11(13)7-10/h2-4,7H,5-6,8-9H2,1H3. The Labute approximate surface area is 98.7 Å². The molecule has 1 aliphatic rings. The maximum absolute atomic E-state index is 5.47. The molecule has 1 aromatic rings. The molecule has 1 fully saturated rings. The summed E-state index contributed by atoms with van der Waals surface area (Å²) in [5.41, 5.74) is 1.62. The van der Waals surface area contributed by atoms with E-state index in [4.69, 9.17) is 9.47 Å². The van der Waals surface area contributed by atoms with E-state index in [2.05, 4.69) is 40.2 Å². The van der Waals surface area contributed by atoms with Crippen LogP contribution in [0.5, 0.6) is 0 Å². The first kappa shape index (κ1) is 11.1. The fraction of sp³-hybridized carbons (Fsp3) is 0.500. The van der Waals surface area contributed by atoms with Crippen LogP contribution in [0.4, 0.5) is 0 Å². The van der Waals surface area contributed by atoms with Crippen LogP contribution in [-0.4, -0.2) is 20.5 Å². The molecule has 0 radical (unpaired) electrons. The molecule has 0 spiro atoms. The molecule has 82 valence electrons. The molecule has 1 aliphatic carbocycles. The molecule has 0 saturated heterocycles. The van der Waals surface area contributed by atoms with Crippen molar-refractivity contribution in [1.29, 1.82) is 0 Å². The van der Waals surface area contributed by atoms with Crippen LogP contribution in [0.3, 0.4) is 0 Å². The summed E-state index contributed by atoms with van der Waals surface area (Å²) < 4.78 is 11.5. The van der Waals surface area contributed by atoms with Gasteiger partial charge in [-0.1, -0.05) is 28.1 Å². The molecule has 1 aromatic carbocycles. The van der Waals surface area contributed by atoms with Crippen molar-refractivity contribution in [3.8, 4) is 0 Å². The van der Waals surface area contributed by atoms with Crippen LogP contribution in [0.15, 0.2) is 28.7 Å². The highest BCUT2D eigenvalue weighted by molar-refractivity contribution is 9.10. The van der Waals surface area contributed by atoms with E-state index in [1.54, 1.807) is 7.11 Å². The monoisotopic (exact) mass is 270 g/mol. The summed E-state index contributed by atoms with van der Waals surface area (Å²) >= 11 is 3.50. The van der Waals surface area contributed by atoms with E-state index in [0.717, 1.165) is 11.1 Å². The number of rotatable bonds is 5. The first-order valence-electron chi connectivity index (χ1n) is 5.10. The summed E-state index contributed by atoms with van der Waals surface area (Å²) in [6, 6.07) is 8.49. The molecular formula is C12H15BrO2. The SMILES string of the molecule is COCOCC1(c2cccc(Br)c2)CC1. The van der Waals surface area contributed by atoms with E-state index in [9.17, 15) is 0 Å². The normalized spacial score (nSPS) is 17.7. The van der Waals surface area contributed by atoms with Crippen LogP contribution in [0.2, 0.25) is 0 Å². The average molecular weight is 271 g/mol. The molecule has 0 amide bonds. The summed E-state index contributed by atoms with van der Waals surface area (Å²) in [7, 11) is 1.65. The van der Waals surface area contributed by atoms with Crippen molar-refractivity contribution >= 4 is 15.9 Å². The molecule has 15 heavy (non-hydrogen) atoms. The number of benzene rings is 1. The fourth-order valence-corrected chi connectivity index (χ4v) is 2.21. The second-order valence-corrected chi connectivity index (χ2v) is 4.96. The Kier molecular flexibility index (Phi) is 3.44. The molecule has 0 unspecified atom stereocenters. The molecule has 2 nitrogen and oxygen atoms in total. The first-order valence-corrected chi connectivity index (χ1v) is 5.89. The minimum Gasteiger partial charge on any atom is -0.359 e. The van der Waals surface area contributed by atoms with Gasteiger partial charge in [0, 0.05) is 17.0 Å². The summed E-state index contributed by atoms with van der Waals surface area (Å²) in [5, 5.41) is 0. The Hall–Kier alpha value is -0.380. The van der Waals surface area contributed by atoms with E-state index >= 15 is 0 Å². The second kappa shape index (κ2) is 4.64. The van der Waals surface area contributed by atoms with Gasteiger partial charge >= 0.3 is 0 Å². The zero-order chi connectivity index (χ0) is 10.7. The van der Waals surface area contributed by atoms with E-state index in [0.29, 0.717) is 6.79 Å². The Bertz CT molecular complexity index is 334. The van der Waals surface area contributed by atoms with Gasteiger partial charge in [0.25, 0.3) is 0 Å². The third-order valence-electron chi connectivity index (χ3n) is 2.87. The molecule has 0 bridgehead atoms. The van der Waals surface area contributed by atoms with Crippen LogP contribution < -0.4 is 0 Å². The van der Waals surface area contributed by atoms with Crippen molar-refractivity contribution < 1.29 is 9.47 Å². The number of methoxy groups -OCH3 is 1. The predicted molar refractivity (Wildman–Crippen MR) is 62.9 cm³/mol. The van der Waals surface area contributed by atoms with E-state index in [1.165, 1.54) is 18.4 Å². The maximum Gasteiger partial charge on any atom is 0.146 e. The Balaban J connectivity index is 2.02. The maximum atomic E-state index is 5.47. The van der Waals surface area contributed by atoms with Gasteiger partial charge in [-0.05, 0) is 30.5 Å². The summed E-state index contributed by atoms with van der Waals surface area (Å²) in [5.74, 6) is 0. The largest absolute Gasteiger partial charge is 0.359 e. The lowest BCUT2D eigenvalue weighted by atomic mass is 9.97. The van der Waals surface area contributed by atoms with Crippen LogP contribution in [0.1, 0.15) is 18.4 Å². The van der Waals surface area contributed by atoms with Crippen LogP contribution in [-0.2, 0) is 14.9 Å². The quantitative estimate of drug-likeness (QED) is 0.605. The van der Waals surface area contributed by atoms with E-state index in [1.807, 2.05) is 0 Å². The van der Waals surface area contributed by atoms with Crippen LogP contribution >= 0.6 is 15.9 Å². The number of hydrogen-bond donors (Lipinski definition) is 0. The molecule has 0 N–H and O–H groups in total. The molecule has 2 rings (SSSR count). The van der Waals surface area contributed by atoms with Crippen molar-refractivity contribution in [3.05, 3.63) is 34.3 Å². The van der Waals surface area contributed by atoms with E-state index in [-0.39, 0.29) is 5.41 Å². The molecular weight excluding hydrogens is 256 g/mol. The Morgan fingerprint density at radius 1 is 1.40 bits per heavy atom. The van der Waals surface area contributed by atoms with Gasteiger partial charge in [0.1, 0.15) is 6.79 Å².